The normalized spacial score (nSPS) is 11.8. The van der Waals surface area contributed by atoms with Crippen molar-refractivity contribution < 1.29 is 22.4 Å². The van der Waals surface area contributed by atoms with E-state index in [-0.39, 0.29) is 17.0 Å². The van der Waals surface area contributed by atoms with E-state index in [1.165, 1.54) is 6.07 Å². The molecule has 21 heavy (non-hydrogen) atoms. The van der Waals surface area contributed by atoms with Crippen LogP contribution in [0.5, 0.6) is 0 Å². The predicted molar refractivity (Wildman–Crippen MR) is 72.3 cm³/mol. The van der Waals surface area contributed by atoms with Gasteiger partial charge in [-0.3, -0.25) is 0 Å². The Bertz CT molecular complexity index is 736. The van der Waals surface area contributed by atoms with Gasteiger partial charge >= 0.3 is 0 Å². The van der Waals surface area contributed by atoms with Crippen LogP contribution in [0.4, 0.5) is 4.39 Å². The van der Waals surface area contributed by atoms with Gasteiger partial charge in [0.25, 0.3) is 0 Å². The standard InChI is InChI=1S/C13H15FN2O4S/c1-8-12(9(2)20-16-8)6-15-21(18,19)13-5-11(14)4-3-10(13)7-17/h3-5,15,17H,6-7H2,1-2H3. The van der Waals surface area contributed by atoms with Crippen LogP contribution in [-0.2, 0) is 23.2 Å². The van der Waals surface area contributed by atoms with Crippen molar-refractivity contribution in [1.29, 1.82) is 0 Å². The zero-order valence-corrected chi connectivity index (χ0v) is 12.4. The number of aromatic nitrogens is 1. The highest BCUT2D eigenvalue weighted by atomic mass is 32.2. The van der Waals surface area contributed by atoms with Gasteiger partial charge in [-0.15, -0.1) is 0 Å². The van der Waals surface area contributed by atoms with Gasteiger partial charge in [0.15, 0.2) is 0 Å². The molecule has 0 radical (unpaired) electrons. The highest BCUT2D eigenvalue weighted by Gasteiger charge is 2.20. The lowest BCUT2D eigenvalue weighted by Gasteiger charge is -2.10. The molecule has 0 aliphatic heterocycles. The molecule has 0 saturated carbocycles. The summed E-state index contributed by atoms with van der Waals surface area (Å²) in [6, 6.07) is 3.21. The van der Waals surface area contributed by atoms with E-state index in [9.17, 15) is 17.9 Å². The zero-order chi connectivity index (χ0) is 15.6. The van der Waals surface area contributed by atoms with Crippen LogP contribution in [0.1, 0.15) is 22.6 Å². The van der Waals surface area contributed by atoms with Crippen LogP contribution < -0.4 is 4.72 Å². The average Bonchev–Trinajstić information content (AvgIpc) is 2.76. The number of nitrogens with zero attached hydrogens (tertiary/aromatic N) is 1. The molecule has 2 N–H and O–H groups in total. The Morgan fingerprint density at radius 3 is 2.67 bits per heavy atom. The molecule has 0 fully saturated rings. The van der Waals surface area contributed by atoms with E-state index < -0.39 is 22.4 Å². The topological polar surface area (TPSA) is 92.4 Å². The molecule has 0 aliphatic carbocycles. The maximum absolute atomic E-state index is 13.3. The molecule has 1 heterocycles. The molecule has 6 nitrogen and oxygen atoms in total. The highest BCUT2D eigenvalue weighted by Crippen LogP contribution is 2.19. The fourth-order valence-corrected chi connectivity index (χ4v) is 3.14. The molecule has 0 saturated heterocycles. The van der Waals surface area contributed by atoms with E-state index in [2.05, 4.69) is 9.88 Å². The lowest BCUT2D eigenvalue weighted by atomic mass is 10.2. The summed E-state index contributed by atoms with van der Waals surface area (Å²) >= 11 is 0. The summed E-state index contributed by atoms with van der Waals surface area (Å²) in [6.45, 7) is 2.85. The van der Waals surface area contributed by atoms with Crippen LogP contribution in [0, 0.1) is 19.7 Å². The molecular formula is C13H15FN2O4S. The van der Waals surface area contributed by atoms with Crippen LogP contribution in [0.25, 0.3) is 0 Å². The Balaban J connectivity index is 2.29. The van der Waals surface area contributed by atoms with Crippen molar-refractivity contribution in [1.82, 2.24) is 9.88 Å². The van der Waals surface area contributed by atoms with Gasteiger partial charge in [0.2, 0.25) is 10.0 Å². The molecule has 0 spiro atoms. The number of halogens is 1. The first-order valence-electron chi connectivity index (χ1n) is 6.16. The molecule has 8 heteroatoms. The molecule has 114 valence electrons. The van der Waals surface area contributed by atoms with Crippen molar-refractivity contribution in [3.8, 4) is 0 Å². The van der Waals surface area contributed by atoms with E-state index in [1.807, 2.05) is 0 Å². The molecule has 0 atom stereocenters. The van der Waals surface area contributed by atoms with Crippen molar-refractivity contribution in [2.45, 2.75) is 31.9 Å². The second-order valence-corrected chi connectivity index (χ2v) is 6.27. The Morgan fingerprint density at radius 2 is 2.10 bits per heavy atom. The lowest BCUT2D eigenvalue weighted by Crippen LogP contribution is -2.25. The van der Waals surface area contributed by atoms with Gasteiger partial charge in [-0.25, -0.2) is 17.5 Å². The molecule has 0 aliphatic rings. The first kappa shape index (κ1) is 15.6. The van der Waals surface area contributed by atoms with Crippen molar-refractivity contribution in [2.24, 2.45) is 0 Å². The van der Waals surface area contributed by atoms with E-state index in [0.717, 1.165) is 12.1 Å². The molecule has 1 aromatic carbocycles. The summed E-state index contributed by atoms with van der Waals surface area (Å²) in [7, 11) is -3.95. The van der Waals surface area contributed by atoms with Crippen molar-refractivity contribution in [3.63, 3.8) is 0 Å². The van der Waals surface area contributed by atoms with Crippen LogP contribution in [0.2, 0.25) is 0 Å². The van der Waals surface area contributed by atoms with Crippen LogP contribution in [0.3, 0.4) is 0 Å². The van der Waals surface area contributed by atoms with Crippen molar-refractivity contribution in [3.05, 3.63) is 46.6 Å². The van der Waals surface area contributed by atoms with Gasteiger partial charge in [-0.2, -0.15) is 0 Å². The smallest absolute Gasteiger partial charge is 0.241 e. The first-order valence-corrected chi connectivity index (χ1v) is 7.64. The molecule has 2 rings (SSSR count). The van der Waals surface area contributed by atoms with E-state index in [1.54, 1.807) is 13.8 Å². The molecule has 1 aromatic heterocycles. The number of aryl methyl sites for hydroxylation is 2. The third kappa shape index (κ3) is 3.29. The number of rotatable bonds is 5. The second kappa shape index (κ2) is 5.92. The maximum Gasteiger partial charge on any atom is 0.241 e. The number of nitrogens with one attached hydrogen (secondary N) is 1. The number of aliphatic hydroxyl groups excluding tert-OH is 1. The predicted octanol–water partition coefficient (Wildman–Crippen LogP) is 1.40. The van der Waals surface area contributed by atoms with Crippen LogP contribution in [-0.4, -0.2) is 18.7 Å². The van der Waals surface area contributed by atoms with E-state index in [0.29, 0.717) is 17.0 Å². The van der Waals surface area contributed by atoms with E-state index >= 15 is 0 Å². The Morgan fingerprint density at radius 1 is 1.38 bits per heavy atom. The van der Waals surface area contributed by atoms with Crippen molar-refractivity contribution in [2.75, 3.05) is 0 Å². The van der Waals surface area contributed by atoms with Gasteiger partial charge in [-0.1, -0.05) is 11.2 Å². The van der Waals surface area contributed by atoms with E-state index in [4.69, 9.17) is 4.52 Å². The minimum absolute atomic E-state index is 0.0229. The summed E-state index contributed by atoms with van der Waals surface area (Å²) in [4.78, 5) is -0.281. The largest absolute Gasteiger partial charge is 0.392 e. The maximum atomic E-state index is 13.3. The summed E-state index contributed by atoms with van der Waals surface area (Å²) < 4.78 is 45.0. The monoisotopic (exact) mass is 314 g/mol. The Labute approximate surface area is 121 Å². The number of benzene rings is 1. The average molecular weight is 314 g/mol. The van der Waals surface area contributed by atoms with Crippen LogP contribution in [0.15, 0.2) is 27.6 Å². The minimum atomic E-state index is -3.95. The fraction of sp³-hybridized carbons (Fsp3) is 0.308. The summed E-state index contributed by atoms with van der Waals surface area (Å²) in [5.74, 6) is -0.179. The van der Waals surface area contributed by atoms with Gasteiger partial charge in [0, 0.05) is 12.1 Å². The lowest BCUT2D eigenvalue weighted by molar-refractivity contribution is 0.278. The Kier molecular flexibility index (Phi) is 4.40. The second-order valence-electron chi connectivity index (χ2n) is 4.54. The number of hydrogen-bond acceptors (Lipinski definition) is 5. The quantitative estimate of drug-likeness (QED) is 0.870. The third-order valence-electron chi connectivity index (χ3n) is 3.11. The first-order chi connectivity index (χ1) is 9.85. The van der Waals surface area contributed by atoms with Crippen LogP contribution >= 0.6 is 0 Å². The number of sulfonamides is 1. The SMILES string of the molecule is Cc1noc(C)c1CNS(=O)(=O)c1cc(F)ccc1CO. The summed E-state index contributed by atoms with van der Waals surface area (Å²) in [6.07, 6.45) is 0. The minimum Gasteiger partial charge on any atom is -0.392 e. The highest BCUT2D eigenvalue weighted by molar-refractivity contribution is 7.89. The third-order valence-corrected chi connectivity index (χ3v) is 4.59. The van der Waals surface area contributed by atoms with Gasteiger partial charge in [0.05, 0.1) is 17.2 Å². The molecule has 0 bridgehead atoms. The Hall–Kier alpha value is -1.77. The fourth-order valence-electron chi connectivity index (χ4n) is 1.91. The van der Waals surface area contributed by atoms with Gasteiger partial charge < -0.3 is 9.63 Å². The van der Waals surface area contributed by atoms with Crippen molar-refractivity contribution >= 4 is 10.0 Å². The number of hydrogen-bond donors (Lipinski definition) is 2. The molecule has 0 amide bonds. The van der Waals surface area contributed by atoms with Gasteiger partial charge in [0.1, 0.15) is 11.6 Å². The van der Waals surface area contributed by atoms with Gasteiger partial charge in [-0.05, 0) is 31.5 Å². The zero-order valence-electron chi connectivity index (χ0n) is 11.6. The molecule has 2 aromatic rings. The molecule has 0 unspecified atom stereocenters. The summed E-state index contributed by atoms with van der Waals surface area (Å²) in [5.41, 5.74) is 1.33. The summed E-state index contributed by atoms with van der Waals surface area (Å²) in [5, 5.41) is 12.9. The number of aliphatic hydroxyl groups is 1. The molecular weight excluding hydrogens is 299 g/mol.